The molecule has 0 bridgehead atoms. The fourth-order valence-corrected chi connectivity index (χ4v) is 2.39. The molecule has 1 aliphatic carbocycles. The molecule has 3 N–H and O–H groups in total. The van der Waals surface area contributed by atoms with Crippen LogP contribution in [0.3, 0.4) is 0 Å². The summed E-state index contributed by atoms with van der Waals surface area (Å²) in [6.45, 7) is 0.455. The van der Waals surface area contributed by atoms with Gasteiger partial charge in [0.25, 0.3) is 0 Å². The van der Waals surface area contributed by atoms with Gasteiger partial charge in [0, 0.05) is 19.3 Å². The second-order valence-corrected chi connectivity index (χ2v) is 5.28. The number of hydrogen-bond acceptors (Lipinski definition) is 3. The van der Waals surface area contributed by atoms with Crippen molar-refractivity contribution >= 4 is 17.7 Å². The molecule has 114 valence electrons. The summed E-state index contributed by atoms with van der Waals surface area (Å²) in [6, 6.07) is 6.52. The highest BCUT2D eigenvalue weighted by atomic mass is 16.5. The van der Waals surface area contributed by atoms with Gasteiger partial charge in [-0.05, 0) is 30.9 Å². The zero-order valence-electron chi connectivity index (χ0n) is 12.0. The van der Waals surface area contributed by atoms with Crippen molar-refractivity contribution < 1.29 is 19.4 Å². The molecular weight excluding hydrogens is 272 g/mol. The first-order valence-electron chi connectivity index (χ1n) is 6.94. The third kappa shape index (κ3) is 3.95. The van der Waals surface area contributed by atoms with Crippen LogP contribution >= 0.6 is 0 Å². The van der Waals surface area contributed by atoms with Gasteiger partial charge in [-0.15, -0.1) is 0 Å². The topological polar surface area (TPSA) is 87.7 Å². The third-order valence-corrected chi connectivity index (χ3v) is 3.88. The van der Waals surface area contributed by atoms with Gasteiger partial charge in [0.15, 0.2) is 0 Å². The van der Waals surface area contributed by atoms with Crippen LogP contribution in [0.1, 0.15) is 24.8 Å². The number of methoxy groups -OCH3 is 1. The number of anilines is 1. The van der Waals surface area contributed by atoms with Crippen molar-refractivity contribution in [3.8, 4) is 0 Å². The summed E-state index contributed by atoms with van der Waals surface area (Å²) >= 11 is 0. The number of carboxylic acids is 1. The first kappa shape index (κ1) is 15.3. The number of carbonyl (C=O) groups excluding carboxylic acids is 1. The summed E-state index contributed by atoms with van der Waals surface area (Å²) in [7, 11) is 1.65. The molecule has 1 aromatic carbocycles. The lowest BCUT2D eigenvalue weighted by Crippen LogP contribution is -2.50. The minimum absolute atomic E-state index is 0.127. The Bertz CT molecular complexity index is 521. The minimum atomic E-state index is -0.933. The molecule has 1 saturated carbocycles. The van der Waals surface area contributed by atoms with E-state index >= 15 is 0 Å². The van der Waals surface area contributed by atoms with Crippen molar-refractivity contribution in [2.24, 2.45) is 0 Å². The van der Waals surface area contributed by atoms with E-state index in [9.17, 15) is 9.59 Å². The molecule has 1 aromatic rings. The molecule has 0 aromatic heterocycles. The predicted molar refractivity (Wildman–Crippen MR) is 78.4 cm³/mol. The maximum atomic E-state index is 11.9. The minimum Gasteiger partial charge on any atom is -0.481 e. The van der Waals surface area contributed by atoms with Gasteiger partial charge in [0.1, 0.15) is 0 Å². The Morgan fingerprint density at radius 2 is 2.05 bits per heavy atom. The fraction of sp³-hybridized carbons (Fsp3) is 0.467. The van der Waals surface area contributed by atoms with E-state index in [1.807, 2.05) is 0 Å². The number of aliphatic carboxylic acids is 1. The number of para-hydroxylation sites is 1. The molecule has 1 aliphatic rings. The molecule has 0 heterocycles. The first-order valence-corrected chi connectivity index (χ1v) is 6.94. The number of urea groups is 1. The van der Waals surface area contributed by atoms with Crippen molar-refractivity contribution in [2.45, 2.75) is 31.3 Å². The molecule has 6 nitrogen and oxygen atoms in total. The van der Waals surface area contributed by atoms with Crippen LogP contribution < -0.4 is 10.6 Å². The fourth-order valence-electron chi connectivity index (χ4n) is 2.39. The van der Waals surface area contributed by atoms with Crippen LogP contribution in [0, 0.1) is 0 Å². The van der Waals surface area contributed by atoms with Crippen molar-refractivity contribution in [3.05, 3.63) is 29.8 Å². The smallest absolute Gasteiger partial charge is 0.319 e. The first-order chi connectivity index (χ1) is 10.0. The highest BCUT2D eigenvalue weighted by molar-refractivity contribution is 5.91. The molecule has 0 atom stereocenters. The van der Waals surface area contributed by atoms with E-state index in [0.717, 1.165) is 19.3 Å². The lowest BCUT2D eigenvalue weighted by Gasteiger charge is -2.40. The average Bonchev–Trinajstić information content (AvgIpc) is 2.40. The maximum absolute atomic E-state index is 11.9. The van der Waals surface area contributed by atoms with Gasteiger partial charge in [-0.3, -0.25) is 4.79 Å². The molecule has 0 unspecified atom stereocenters. The van der Waals surface area contributed by atoms with Crippen molar-refractivity contribution in [1.82, 2.24) is 5.32 Å². The largest absolute Gasteiger partial charge is 0.481 e. The second-order valence-electron chi connectivity index (χ2n) is 5.28. The van der Waals surface area contributed by atoms with Gasteiger partial charge >= 0.3 is 12.0 Å². The standard InChI is InChI=1S/C15H20N2O4/c1-21-15(7-4-8-15)10-16-14(20)17-12-6-3-2-5-11(12)9-13(18)19/h2-3,5-6H,4,7-10H2,1H3,(H,18,19)(H2,16,17,20). The molecule has 6 heteroatoms. The molecule has 0 radical (unpaired) electrons. The van der Waals surface area contributed by atoms with E-state index in [1.165, 1.54) is 0 Å². The SMILES string of the molecule is COC1(CNC(=O)Nc2ccccc2CC(=O)O)CCC1. The van der Waals surface area contributed by atoms with Crippen LogP contribution in [0.15, 0.2) is 24.3 Å². The molecule has 0 aliphatic heterocycles. The number of nitrogens with one attached hydrogen (secondary N) is 2. The summed E-state index contributed by atoms with van der Waals surface area (Å²) in [5.74, 6) is -0.933. The summed E-state index contributed by atoms with van der Waals surface area (Å²) in [4.78, 5) is 22.7. The number of carbonyl (C=O) groups is 2. The Labute approximate surface area is 123 Å². The Morgan fingerprint density at radius 1 is 1.33 bits per heavy atom. The highest BCUT2D eigenvalue weighted by Gasteiger charge is 2.37. The number of amides is 2. The van der Waals surface area contributed by atoms with Gasteiger partial charge in [-0.2, -0.15) is 0 Å². The number of hydrogen-bond donors (Lipinski definition) is 3. The van der Waals surface area contributed by atoms with Gasteiger partial charge in [-0.25, -0.2) is 4.79 Å². The maximum Gasteiger partial charge on any atom is 0.319 e. The Hall–Kier alpha value is -2.08. The molecular formula is C15H20N2O4. The van der Waals surface area contributed by atoms with Crippen LogP contribution in [0.4, 0.5) is 10.5 Å². The zero-order valence-corrected chi connectivity index (χ0v) is 12.0. The predicted octanol–water partition coefficient (Wildman–Crippen LogP) is 2.00. The lowest BCUT2D eigenvalue weighted by atomic mass is 9.80. The molecule has 1 fully saturated rings. The molecule has 21 heavy (non-hydrogen) atoms. The monoisotopic (exact) mass is 292 g/mol. The molecule has 2 rings (SSSR count). The van der Waals surface area contributed by atoms with E-state index < -0.39 is 5.97 Å². The van der Waals surface area contributed by atoms with Crippen LogP contribution in [0.25, 0.3) is 0 Å². The number of benzene rings is 1. The molecule has 2 amide bonds. The lowest BCUT2D eigenvalue weighted by molar-refractivity contribution is -0.136. The van der Waals surface area contributed by atoms with Crippen molar-refractivity contribution in [3.63, 3.8) is 0 Å². The Morgan fingerprint density at radius 3 is 2.62 bits per heavy atom. The second kappa shape index (κ2) is 6.58. The Balaban J connectivity index is 1.92. The van der Waals surface area contributed by atoms with Crippen LogP contribution in [0.2, 0.25) is 0 Å². The number of ether oxygens (including phenoxy) is 1. The van der Waals surface area contributed by atoms with Crippen molar-refractivity contribution in [2.75, 3.05) is 19.0 Å². The zero-order chi connectivity index (χ0) is 15.3. The normalized spacial score (nSPS) is 15.9. The van der Waals surface area contributed by atoms with Crippen LogP contribution in [-0.2, 0) is 16.0 Å². The average molecular weight is 292 g/mol. The van der Waals surface area contributed by atoms with E-state index in [4.69, 9.17) is 9.84 Å². The van der Waals surface area contributed by atoms with Crippen LogP contribution in [-0.4, -0.2) is 36.4 Å². The number of rotatable bonds is 6. The van der Waals surface area contributed by atoms with E-state index in [0.29, 0.717) is 17.8 Å². The highest BCUT2D eigenvalue weighted by Crippen LogP contribution is 2.34. The van der Waals surface area contributed by atoms with Gasteiger partial charge in [0.05, 0.1) is 12.0 Å². The van der Waals surface area contributed by atoms with Gasteiger partial charge < -0.3 is 20.5 Å². The summed E-state index contributed by atoms with van der Waals surface area (Å²) in [5.41, 5.74) is 0.848. The van der Waals surface area contributed by atoms with Gasteiger partial charge in [0.2, 0.25) is 0 Å². The summed E-state index contributed by atoms with van der Waals surface area (Å²) < 4.78 is 5.43. The van der Waals surface area contributed by atoms with E-state index in [2.05, 4.69) is 10.6 Å². The van der Waals surface area contributed by atoms with Crippen LogP contribution in [0.5, 0.6) is 0 Å². The van der Waals surface area contributed by atoms with E-state index in [1.54, 1.807) is 31.4 Å². The molecule has 0 saturated heterocycles. The Kier molecular flexibility index (Phi) is 4.80. The summed E-state index contributed by atoms with van der Waals surface area (Å²) in [6.07, 6.45) is 2.87. The third-order valence-electron chi connectivity index (χ3n) is 3.88. The van der Waals surface area contributed by atoms with Crippen molar-refractivity contribution in [1.29, 1.82) is 0 Å². The number of carboxylic acid groups (broad SMARTS) is 1. The summed E-state index contributed by atoms with van der Waals surface area (Å²) in [5, 5.41) is 14.3. The van der Waals surface area contributed by atoms with Gasteiger partial charge in [-0.1, -0.05) is 18.2 Å². The quantitative estimate of drug-likeness (QED) is 0.748. The van der Waals surface area contributed by atoms with E-state index in [-0.39, 0.29) is 18.1 Å². The molecule has 0 spiro atoms.